The highest BCUT2D eigenvalue weighted by atomic mass is 16.5. The van der Waals surface area contributed by atoms with Crippen LogP contribution in [0.4, 0.5) is 10.5 Å². The topological polar surface area (TPSA) is 95.0 Å². The van der Waals surface area contributed by atoms with Gasteiger partial charge in [-0.05, 0) is 31.2 Å². The number of rotatable bonds is 5. The summed E-state index contributed by atoms with van der Waals surface area (Å²) in [5.74, 6) is -0.0729. The van der Waals surface area contributed by atoms with Gasteiger partial charge in [-0.3, -0.25) is 4.79 Å². The molecule has 0 bridgehead atoms. The molecule has 8 heteroatoms. The Morgan fingerprint density at radius 1 is 1.33 bits per heavy atom. The van der Waals surface area contributed by atoms with E-state index in [1.165, 1.54) is 0 Å². The van der Waals surface area contributed by atoms with Crippen LogP contribution < -0.4 is 10.1 Å². The summed E-state index contributed by atoms with van der Waals surface area (Å²) < 4.78 is 6.11. The molecule has 1 aromatic heterocycles. The summed E-state index contributed by atoms with van der Waals surface area (Å²) in [7, 11) is 1.70. The lowest BCUT2D eigenvalue weighted by atomic mass is 10.0. The van der Waals surface area contributed by atoms with Gasteiger partial charge in [-0.1, -0.05) is 25.1 Å². The SMILES string of the molecule is C[C@H](CO)N1C[C@H](C)[C@H](CN(C)C(=O)Nc2ccccc2)Oc2ncccc2C1=O. The highest BCUT2D eigenvalue weighted by Crippen LogP contribution is 2.26. The van der Waals surface area contributed by atoms with Gasteiger partial charge in [-0.25, -0.2) is 9.78 Å². The van der Waals surface area contributed by atoms with E-state index in [0.717, 1.165) is 0 Å². The van der Waals surface area contributed by atoms with Gasteiger partial charge in [0.1, 0.15) is 11.7 Å². The maximum atomic E-state index is 13.0. The third-order valence-electron chi connectivity index (χ3n) is 5.27. The molecule has 0 fully saturated rings. The zero-order chi connectivity index (χ0) is 21.7. The fraction of sp³-hybridized carbons (Fsp3) is 0.409. The standard InChI is InChI=1S/C22H28N4O4/c1-15-12-26(16(2)14-27)21(28)18-10-7-11-23-20(18)30-19(15)13-25(3)22(29)24-17-8-5-4-6-9-17/h4-11,15-16,19,27H,12-14H2,1-3H3,(H,24,29)/t15-,16+,19-/m0/s1. The van der Waals surface area contributed by atoms with Crippen molar-refractivity contribution in [2.75, 3.05) is 32.1 Å². The summed E-state index contributed by atoms with van der Waals surface area (Å²) in [6.45, 7) is 4.33. The average molecular weight is 412 g/mol. The molecule has 2 heterocycles. The van der Waals surface area contributed by atoms with Gasteiger partial charge in [0.25, 0.3) is 5.91 Å². The Kier molecular flexibility index (Phi) is 6.89. The number of nitrogens with zero attached hydrogens (tertiary/aromatic N) is 3. The molecule has 1 aromatic carbocycles. The fourth-order valence-corrected chi connectivity index (χ4v) is 3.36. The number of hydrogen-bond acceptors (Lipinski definition) is 5. The summed E-state index contributed by atoms with van der Waals surface area (Å²) in [5, 5.41) is 12.5. The lowest BCUT2D eigenvalue weighted by Crippen LogP contribution is -2.50. The molecule has 3 amide bonds. The Morgan fingerprint density at radius 2 is 2.07 bits per heavy atom. The maximum absolute atomic E-state index is 13.0. The minimum atomic E-state index is -0.383. The first kappa shape index (κ1) is 21.6. The minimum Gasteiger partial charge on any atom is -0.472 e. The van der Waals surface area contributed by atoms with E-state index in [2.05, 4.69) is 10.3 Å². The molecule has 0 spiro atoms. The number of nitrogens with one attached hydrogen (secondary N) is 1. The van der Waals surface area contributed by atoms with Crippen molar-refractivity contribution in [2.24, 2.45) is 5.92 Å². The summed E-state index contributed by atoms with van der Waals surface area (Å²) in [4.78, 5) is 33.0. The average Bonchev–Trinajstić information content (AvgIpc) is 2.76. The van der Waals surface area contributed by atoms with Crippen LogP contribution in [-0.4, -0.2) is 70.7 Å². The third-order valence-corrected chi connectivity index (χ3v) is 5.27. The van der Waals surface area contributed by atoms with Crippen molar-refractivity contribution < 1.29 is 19.4 Å². The number of fused-ring (bicyclic) bond motifs is 1. The molecule has 3 atom stereocenters. The second-order valence-corrected chi connectivity index (χ2v) is 7.66. The number of likely N-dealkylation sites (N-methyl/N-ethyl adjacent to an activating group) is 1. The van der Waals surface area contributed by atoms with E-state index >= 15 is 0 Å². The summed E-state index contributed by atoms with van der Waals surface area (Å²) >= 11 is 0. The van der Waals surface area contributed by atoms with Crippen molar-refractivity contribution in [2.45, 2.75) is 26.0 Å². The van der Waals surface area contributed by atoms with E-state index in [4.69, 9.17) is 4.74 Å². The van der Waals surface area contributed by atoms with E-state index < -0.39 is 0 Å². The summed E-state index contributed by atoms with van der Waals surface area (Å²) in [6, 6.07) is 12.0. The Bertz CT molecular complexity index is 876. The quantitative estimate of drug-likeness (QED) is 0.787. The van der Waals surface area contributed by atoms with Crippen LogP contribution >= 0.6 is 0 Å². The first-order valence-corrected chi connectivity index (χ1v) is 10.0. The summed E-state index contributed by atoms with van der Waals surface area (Å²) in [5.41, 5.74) is 1.06. The highest BCUT2D eigenvalue weighted by molar-refractivity contribution is 5.96. The molecular weight excluding hydrogens is 384 g/mol. The molecule has 0 radical (unpaired) electrons. The Labute approximate surface area is 176 Å². The molecule has 2 N–H and O–H groups in total. The number of ether oxygens (including phenoxy) is 1. The molecule has 0 saturated heterocycles. The maximum Gasteiger partial charge on any atom is 0.321 e. The minimum absolute atomic E-state index is 0.0925. The number of hydrogen-bond donors (Lipinski definition) is 2. The number of para-hydroxylation sites is 1. The van der Waals surface area contributed by atoms with E-state index in [0.29, 0.717) is 24.3 Å². The van der Waals surface area contributed by atoms with Crippen LogP contribution in [0.1, 0.15) is 24.2 Å². The summed E-state index contributed by atoms with van der Waals surface area (Å²) in [6.07, 6.45) is 1.19. The molecule has 8 nitrogen and oxygen atoms in total. The monoisotopic (exact) mass is 412 g/mol. The van der Waals surface area contributed by atoms with Gasteiger partial charge in [0.05, 0.1) is 19.2 Å². The third kappa shape index (κ3) is 4.88. The van der Waals surface area contributed by atoms with Gasteiger partial charge in [-0.15, -0.1) is 0 Å². The van der Waals surface area contributed by atoms with Crippen molar-refractivity contribution in [3.63, 3.8) is 0 Å². The van der Waals surface area contributed by atoms with Gasteiger partial charge in [0, 0.05) is 31.4 Å². The molecule has 2 aromatic rings. The zero-order valence-electron chi connectivity index (χ0n) is 17.5. The molecule has 3 rings (SSSR count). The first-order chi connectivity index (χ1) is 14.4. The number of carbonyl (C=O) groups excluding carboxylic acids is 2. The van der Waals surface area contributed by atoms with Gasteiger partial charge in [0.15, 0.2) is 0 Å². The number of anilines is 1. The van der Waals surface area contributed by atoms with Gasteiger partial charge in [-0.2, -0.15) is 0 Å². The van der Waals surface area contributed by atoms with Gasteiger partial charge < -0.3 is 25.0 Å². The van der Waals surface area contributed by atoms with Crippen LogP contribution in [0.3, 0.4) is 0 Å². The second kappa shape index (κ2) is 9.58. The van der Waals surface area contributed by atoms with Gasteiger partial charge >= 0.3 is 6.03 Å². The van der Waals surface area contributed by atoms with Crippen LogP contribution in [0.15, 0.2) is 48.7 Å². The number of urea groups is 1. The Balaban J connectivity index is 1.80. The normalized spacial score (nSPS) is 19.7. The molecular formula is C22H28N4O4. The van der Waals surface area contributed by atoms with E-state index in [-0.39, 0.29) is 42.5 Å². The van der Waals surface area contributed by atoms with Gasteiger partial charge in [0.2, 0.25) is 5.88 Å². The molecule has 1 aliphatic rings. The highest BCUT2D eigenvalue weighted by Gasteiger charge is 2.34. The first-order valence-electron chi connectivity index (χ1n) is 10.0. The molecule has 30 heavy (non-hydrogen) atoms. The molecule has 0 saturated carbocycles. The number of aromatic nitrogens is 1. The van der Waals surface area contributed by atoms with Crippen LogP contribution in [0.5, 0.6) is 5.88 Å². The molecule has 0 unspecified atom stereocenters. The van der Waals surface area contributed by atoms with Crippen LogP contribution in [0, 0.1) is 5.92 Å². The number of aliphatic hydroxyl groups is 1. The van der Waals surface area contributed by atoms with E-state index in [1.54, 1.807) is 42.1 Å². The van der Waals surface area contributed by atoms with Crippen molar-refractivity contribution in [1.29, 1.82) is 0 Å². The molecule has 0 aliphatic carbocycles. The smallest absolute Gasteiger partial charge is 0.321 e. The molecule has 160 valence electrons. The number of pyridine rings is 1. The Morgan fingerprint density at radius 3 is 2.77 bits per heavy atom. The largest absolute Gasteiger partial charge is 0.472 e. The number of benzene rings is 1. The predicted octanol–water partition coefficient (Wildman–Crippen LogP) is 2.47. The predicted molar refractivity (Wildman–Crippen MR) is 113 cm³/mol. The van der Waals surface area contributed by atoms with E-state index in [9.17, 15) is 14.7 Å². The van der Waals surface area contributed by atoms with Crippen molar-refractivity contribution >= 4 is 17.6 Å². The second-order valence-electron chi connectivity index (χ2n) is 7.66. The van der Waals surface area contributed by atoms with Crippen molar-refractivity contribution in [3.05, 3.63) is 54.2 Å². The van der Waals surface area contributed by atoms with Crippen molar-refractivity contribution in [3.8, 4) is 5.88 Å². The van der Waals surface area contributed by atoms with Crippen molar-refractivity contribution in [1.82, 2.24) is 14.8 Å². The number of amides is 3. The molecule has 1 aliphatic heterocycles. The number of carbonyl (C=O) groups is 2. The number of aliphatic hydroxyl groups excluding tert-OH is 1. The van der Waals surface area contributed by atoms with Crippen LogP contribution in [0.2, 0.25) is 0 Å². The zero-order valence-corrected chi connectivity index (χ0v) is 17.5. The Hall–Kier alpha value is -3.13. The lowest BCUT2D eigenvalue weighted by molar-refractivity contribution is 0.0356. The van der Waals surface area contributed by atoms with Crippen LogP contribution in [-0.2, 0) is 0 Å². The van der Waals surface area contributed by atoms with Crippen LogP contribution in [0.25, 0.3) is 0 Å². The lowest BCUT2D eigenvalue weighted by Gasteiger charge is -2.37. The van der Waals surface area contributed by atoms with E-state index in [1.807, 2.05) is 37.3 Å². The fourth-order valence-electron chi connectivity index (χ4n) is 3.36.